The maximum atomic E-state index is 5.62. The summed E-state index contributed by atoms with van der Waals surface area (Å²) < 4.78 is 5.62. The van der Waals surface area contributed by atoms with E-state index in [0.29, 0.717) is 6.10 Å². The first kappa shape index (κ1) is 10.3. The lowest BCUT2D eigenvalue weighted by atomic mass is 9.97. The average Bonchev–Trinajstić information content (AvgIpc) is 2.04. The van der Waals surface area contributed by atoms with Crippen LogP contribution in [-0.4, -0.2) is 18.0 Å². The van der Waals surface area contributed by atoms with Crippen molar-refractivity contribution in [1.82, 2.24) is 0 Å². The molecule has 0 aromatic carbocycles. The highest BCUT2D eigenvalue weighted by Gasteiger charge is 2.16. The molecule has 0 aliphatic carbocycles. The van der Waals surface area contributed by atoms with Crippen LogP contribution >= 0.6 is 15.9 Å². The van der Waals surface area contributed by atoms with Gasteiger partial charge in [0, 0.05) is 11.9 Å². The van der Waals surface area contributed by atoms with Crippen molar-refractivity contribution >= 4 is 15.9 Å². The predicted molar refractivity (Wildman–Crippen MR) is 55.7 cm³/mol. The first-order valence-corrected chi connectivity index (χ1v) is 5.69. The average molecular weight is 233 g/mol. The lowest BCUT2D eigenvalue weighted by Crippen LogP contribution is -2.22. The van der Waals surface area contributed by atoms with Crippen molar-refractivity contribution in [3.8, 4) is 0 Å². The Hall–Kier alpha value is 0.180. The number of halogens is 1. The summed E-state index contributed by atoms with van der Waals surface area (Å²) in [5, 5.41) is 0.960. The topological polar surface area (TPSA) is 9.23 Å². The second-order valence-corrected chi connectivity index (χ2v) is 4.25. The van der Waals surface area contributed by atoms with Gasteiger partial charge in [-0.15, -0.1) is 0 Å². The molecule has 0 aromatic heterocycles. The molecule has 0 spiro atoms. The Morgan fingerprint density at radius 2 is 2.42 bits per heavy atom. The van der Waals surface area contributed by atoms with Crippen LogP contribution in [0.5, 0.6) is 0 Å². The maximum absolute atomic E-state index is 5.62. The van der Waals surface area contributed by atoms with Gasteiger partial charge in [-0.05, 0) is 25.7 Å². The highest BCUT2D eigenvalue weighted by molar-refractivity contribution is 9.09. The van der Waals surface area contributed by atoms with Crippen LogP contribution in [0.4, 0.5) is 0 Å². The van der Waals surface area contributed by atoms with Crippen molar-refractivity contribution in [2.75, 3.05) is 11.9 Å². The predicted octanol–water partition coefficient (Wildman–Crippen LogP) is 3.14. The van der Waals surface area contributed by atoms with Gasteiger partial charge >= 0.3 is 0 Å². The third kappa shape index (κ3) is 3.28. The first-order valence-electron chi connectivity index (χ1n) is 4.57. The van der Waals surface area contributed by atoms with Gasteiger partial charge in [0.25, 0.3) is 0 Å². The molecular weight excluding hydrogens is 216 g/mol. The Kier molecular flexibility index (Phi) is 4.30. The summed E-state index contributed by atoms with van der Waals surface area (Å²) in [6.07, 6.45) is 5.01. The highest BCUT2D eigenvalue weighted by Crippen LogP contribution is 2.21. The SMILES string of the molecule is C/C(=C\[C@H]1C[C@@H](C)CCO1)CBr. The van der Waals surface area contributed by atoms with Gasteiger partial charge in [0.05, 0.1) is 6.10 Å². The monoisotopic (exact) mass is 232 g/mol. The van der Waals surface area contributed by atoms with Gasteiger partial charge < -0.3 is 4.74 Å². The molecule has 0 aromatic rings. The summed E-state index contributed by atoms with van der Waals surface area (Å²) in [4.78, 5) is 0. The van der Waals surface area contributed by atoms with Crippen LogP contribution in [0.3, 0.4) is 0 Å². The van der Waals surface area contributed by atoms with E-state index in [4.69, 9.17) is 4.74 Å². The number of alkyl halides is 1. The van der Waals surface area contributed by atoms with Gasteiger partial charge in [0.15, 0.2) is 0 Å². The van der Waals surface area contributed by atoms with E-state index in [2.05, 4.69) is 35.9 Å². The standard InChI is InChI=1S/C10H17BrO/c1-8-3-4-12-10(5-8)6-9(2)7-11/h6,8,10H,3-5,7H2,1-2H3/b9-6+/t8-,10+/m0/s1. The van der Waals surface area contributed by atoms with Gasteiger partial charge in [0.2, 0.25) is 0 Å². The Morgan fingerprint density at radius 1 is 1.67 bits per heavy atom. The van der Waals surface area contributed by atoms with Crippen molar-refractivity contribution in [3.63, 3.8) is 0 Å². The summed E-state index contributed by atoms with van der Waals surface area (Å²) in [5.41, 5.74) is 1.37. The van der Waals surface area contributed by atoms with E-state index in [1.165, 1.54) is 18.4 Å². The molecule has 70 valence electrons. The van der Waals surface area contributed by atoms with Crippen LogP contribution in [0.25, 0.3) is 0 Å². The van der Waals surface area contributed by atoms with Crippen LogP contribution in [0.2, 0.25) is 0 Å². The first-order chi connectivity index (χ1) is 5.72. The van der Waals surface area contributed by atoms with Crippen LogP contribution in [0.15, 0.2) is 11.6 Å². The highest BCUT2D eigenvalue weighted by atomic mass is 79.9. The number of allylic oxidation sites excluding steroid dienone is 1. The summed E-state index contributed by atoms with van der Waals surface area (Å²) in [5.74, 6) is 0.822. The fourth-order valence-corrected chi connectivity index (χ4v) is 1.67. The normalized spacial score (nSPS) is 32.1. The molecule has 1 aliphatic heterocycles. The molecule has 0 amide bonds. The molecule has 0 radical (unpaired) electrons. The molecule has 0 saturated carbocycles. The largest absolute Gasteiger partial charge is 0.374 e. The summed E-state index contributed by atoms with van der Waals surface area (Å²) in [6.45, 7) is 5.36. The fraction of sp³-hybridized carbons (Fsp3) is 0.800. The van der Waals surface area contributed by atoms with E-state index in [9.17, 15) is 0 Å². The van der Waals surface area contributed by atoms with Crippen molar-refractivity contribution in [1.29, 1.82) is 0 Å². The smallest absolute Gasteiger partial charge is 0.0761 e. The summed E-state index contributed by atoms with van der Waals surface area (Å²) in [7, 11) is 0. The van der Waals surface area contributed by atoms with E-state index in [0.717, 1.165) is 17.9 Å². The number of rotatable bonds is 2. The minimum atomic E-state index is 0.367. The van der Waals surface area contributed by atoms with Crippen molar-refractivity contribution in [3.05, 3.63) is 11.6 Å². The molecular formula is C10H17BrO. The van der Waals surface area contributed by atoms with Crippen LogP contribution < -0.4 is 0 Å². The molecule has 0 N–H and O–H groups in total. The molecule has 2 atom stereocenters. The lowest BCUT2D eigenvalue weighted by Gasteiger charge is -2.25. The quantitative estimate of drug-likeness (QED) is 0.526. The van der Waals surface area contributed by atoms with Gasteiger partial charge in [-0.3, -0.25) is 0 Å². The molecule has 1 aliphatic rings. The Balaban J connectivity index is 2.41. The third-order valence-electron chi connectivity index (χ3n) is 2.26. The zero-order chi connectivity index (χ0) is 8.97. The third-order valence-corrected chi connectivity index (χ3v) is 3.14. The number of hydrogen-bond donors (Lipinski definition) is 0. The summed E-state index contributed by atoms with van der Waals surface area (Å²) in [6, 6.07) is 0. The molecule has 1 heterocycles. The van der Waals surface area contributed by atoms with E-state index < -0.39 is 0 Å². The molecule has 1 saturated heterocycles. The molecule has 0 bridgehead atoms. The molecule has 0 unspecified atom stereocenters. The Morgan fingerprint density at radius 3 is 3.00 bits per heavy atom. The summed E-state index contributed by atoms with van der Waals surface area (Å²) >= 11 is 3.43. The zero-order valence-corrected chi connectivity index (χ0v) is 9.43. The second kappa shape index (κ2) is 5.03. The number of ether oxygens (including phenoxy) is 1. The molecule has 1 fully saturated rings. The fourth-order valence-electron chi connectivity index (χ4n) is 1.48. The van der Waals surface area contributed by atoms with Gasteiger partial charge in [0.1, 0.15) is 0 Å². The van der Waals surface area contributed by atoms with Crippen molar-refractivity contribution in [2.45, 2.75) is 32.8 Å². The van der Waals surface area contributed by atoms with Crippen LogP contribution in [0, 0.1) is 5.92 Å². The van der Waals surface area contributed by atoms with Gasteiger partial charge in [-0.25, -0.2) is 0 Å². The zero-order valence-electron chi connectivity index (χ0n) is 7.85. The number of hydrogen-bond acceptors (Lipinski definition) is 1. The minimum Gasteiger partial charge on any atom is -0.374 e. The lowest BCUT2D eigenvalue weighted by molar-refractivity contribution is 0.0235. The van der Waals surface area contributed by atoms with Gasteiger partial charge in [-0.2, -0.15) is 0 Å². The second-order valence-electron chi connectivity index (χ2n) is 3.69. The van der Waals surface area contributed by atoms with Crippen molar-refractivity contribution < 1.29 is 4.74 Å². The Bertz CT molecular complexity index is 165. The van der Waals surface area contributed by atoms with E-state index in [1.54, 1.807) is 0 Å². The molecule has 1 nitrogen and oxygen atoms in total. The maximum Gasteiger partial charge on any atom is 0.0761 e. The minimum absolute atomic E-state index is 0.367. The van der Waals surface area contributed by atoms with Crippen molar-refractivity contribution in [2.24, 2.45) is 5.92 Å². The van der Waals surface area contributed by atoms with Gasteiger partial charge in [-0.1, -0.05) is 34.5 Å². The van der Waals surface area contributed by atoms with Crippen LogP contribution in [-0.2, 0) is 4.74 Å². The van der Waals surface area contributed by atoms with E-state index in [-0.39, 0.29) is 0 Å². The molecule has 1 rings (SSSR count). The Labute approximate surface area is 83.3 Å². The molecule has 12 heavy (non-hydrogen) atoms. The molecule has 2 heteroatoms. The van der Waals surface area contributed by atoms with E-state index in [1.807, 2.05) is 0 Å². The van der Waals surface area contributed by atoms with E-state index >= 15 is 0 Å². The van der Waals surface area contributed by atoms with Crippen LogP contribution in [0.1, 0.15) is 26.7 Å².